The number of benzene rings is 1. The van der Waals surface area contributed by atoms with Crippen molar-refractivity contribution in [2.75, 3.05) is 13.1 Å². The largest absolute Gasteiger partial charge is 0.356 e. The van der Waals surface area contributed by atoms with Crippen LogP contribution in [0.15, 0.2) is 28.8 Å². The van der Waals surface area contributed by atoms with Crippen LogP contribution in [-0.2, 0) is 16.0 Å². The molecule has 2 aromatic rings. The van der Waals surface area contributed by atoms with Crippen LogP contribution in [0.5, 0.6) is 0 Å². The van der Waals surface area contributed by atoms with Gasteiger partial charge in [0.2, 0.25) is 5.91 Å². The Morgan fingerprint density at radius 1 is 1.43 bits per heavy atom. The Labute approximate surface area is 122 Å². The maximum absolute atomic E-state index is 12.4. The predicted molar refractivity (Wildman–Crippen MR) is 77.7 cm³/mol. The summed E-state index contributed by atoms with van der Waals surface area (Å²) in [5.74, 6) is 0.269. The molecule has 0 N–H and O–H groups in total. The summed E-state index contributed by atoms with van der Waals surface area (Å²) in [4.78, 5) is 25.9. The molecule has 1 atom stereocenters. The highest BCUT2D eigenvalue weighted by Crippen LogP contribution is 2.21. The zero-order valence-corrected chi connectivity index (χ0v) is 12.0. The second-order valence-electron chi connectivity index (χ2n) is 5.46. The molecule has 5 heteroatoms. The molecule has 1 unspecified atom stereocenters. The van der Waals surface area contributed by atoms with E-state index >= 15 is 0 Å². The number of rotatable bonds is 3. The van der Waals surface area contributed by atoms with Crippen molar-refractivity contribution in [2.45, 2.75) is 26.2 Å². The highest BCUT2D eigenvalue weighted by molar-refractivity contribution is 5.88. The Morgan fingerprint density at radius 3 is 3.05 bits per heavy atom. The van der Waals surface area contributed by atoms with Crippen molar-refractivity contribution < 1.29 is 14.1 Å². The number of likely N-dealkylation sites (tertiary alicyclic amines) is 1. The summed E-state index contributed by atoms with van der Waals surface area (Å²) in [7, 11) is 0. The zero-order valence-electron chi connectivity index (χ0n) is 12.0. The minimum absolute atomic E-state index is 0.0139. The Hall–Kier alpha value is -2.17. The van der Waals surface area contributed by atoms with E-state index in [1.165, 1.54) is 0 Å². The van der Waals surface area contributed by atoms with E-state index in [0.29, 0.717) is 30.8 Å². The molecule has 1 saturated heterocycles. The molecule has 1 amide bonds. The van der Waals surface area contributed by atoms with Gasteiger partial charge in [0.15, 0.2) is 5.58 Å². The fourth-order valence-corrected chi connectivity index (χ4v) is 2.81. The van der Waals surface area contributed by atoms with Crippen LogP contribution in [0, 0.1) is 5.92 Å². The van der Waals surface area contributed by atoms with Crippen molar-refractivity contribution in [3.63, 3.8) is 0 Å². The molecule has 110 valence electrons. The zero-order chi connectivity index (χ0) is 14.8. The normalized spacial score (nSPS) is 19.2. The summed E-state index contributed by atoms with van der Waals surface area (Å²) in [6, 6.07) is 7.52. The number of carbonyl (C=O) groups excluding carboxylic acids is 2. The minimum Gasteiger partial charge on any atom is -0.356 e. The maximum Gasteiger partial charge on any atom is 0.228 e. The number of hydrogen-bond donors (Lipinski definition) is 0. The quantitative estimate of drug-likeness (QED) is 0.867. The van der Waals surface area contributed by atoms with Crippen LogP contribution in [-0.4, -0.2) is 34.8 Å². The van der Waals surface area contributed by atoms with Gasteiger partial charge in [-0.15, -0.1) is 0 Å². The van der Waals surface area contributed by atoms with E-state index in [4.69, 9.17) is 4.52 Å². The monoisotopic (exact) mass is 286 g/mol. The molecule has 0 saturated carbocycles. The van der Waals surface area contributed by atoms with E-state index in [-0.39, 0.29) is 24.0 Å². The molecule has 0 bridgehead atoms. The van der Waals surface area contributed by atoms with Crippen LogP contribution >= 0.6 is 0 Å². The molecule has 1 aromatic heterocycles. The predicted octanol–water partition coefficient (Wildman–Crippen LogP) is 2.20. The van der Waals surface area contributed by atoms with Gasteiger partial charge in [-0.05, 0) is 18.6 Å². The fourth-order valence-electron chi connectivity index (χ4n) is 2.81. The molecule has 0 radical (unpaired) electrons. The minimum atomic E-state index is -0.0169. The van der Waals surface area contributed by atoms with Gasteiger partial charge >= 0.3 is 0 Å². The van der Waals surface area contributed by atoms with Gasteiger partial charge in [0.1, 0.15) is 11.5 Å². The molecule has 2 heterocycles. The molecule has 3 rings (SSSR count). The van der Waals surface area contributed by atoms with E-state index in [1.54, 1.807) is 4.90 Å². The second kappa shape index (κ2) is 5.68. The number of nitrogens with zero attached hydrogens (tertiary/aromatic N) is 2. The van der Waals surface area contributed by atoms with Gasteiger partial charge in [-0.3, -0.25) is 9.59 Å². The highest BCUT2D eigenvalue weighted by atomic mass is 16.5. The van der Waals surface area contributed by atoms with Crippen molar-refractivity contribution in [1.82, 2.24) is 10.1 Å². The van der Waals surface area contributed by atoms with Gasteiger partial charge < -0.3 is 9.42 Å². The number of carbonyl (C=O) groups is 2. The first-order valence-electron chi connectivity index (χ1n) is 7.32. The number of amides is 1. The Balaban J connectivity index is 1.73. The third kappa shape index (κ3) is 2.68. The summed E-state index contributed by atoms with van der Waals surface area (Å²) >= 11 is 0. The molecule has 0 aliphatic carbocycles. The van der Waals surface area contributed by atoms with E-state index in [9.17, 15) is 9.59 Å². The number of fused-ring (bicyclic) bond motifs is 1. The van der Waals surface area contributed by atoms with Gasteiger partial charge in [0.25, 0.3) is 0 Å². The lowest BCUT2D eigenvalue weighted by Crippen LogP contribution is -2.44. The van der Waals surface area contributed by atoms with Crippen LogP contribution in [0.3, 0.4) is 0 Å². The Morgan fingerprint density at radius 2 is 2.24 bits per heavy atom. The van der Waals surface area contributed by atoms with Gasteiger partial charge in [-0.25, -0.2) is 0 Å². The number of para-hydroxylation sites is 1. The first-order chi connectivity index (χ1) is 10.2. The molecular weight excluding hydrogens is 268 g/mol. The van der Waals surface area contributed by atoms with Crippen LogP contribution in [0.4, 0.5) is 0 Å². The molecule has 1 aliphatic heterocycles. The van der Waals surface area contributed by atoms with Crippen molar-refractivity contribution >= 4 is 22.7 Å². The molecule has 0 spiro atoms. The lowest BCUT2D eigenvalue weighted by molar-refractivity contribution is -0.136. The summed E-state index contributed by atoms with van der Waals surface area (Å²) in [6.45, 7) is 3.04. The number of Topliss-reactive ketones (excluding diaryl/α,β-unsaturated/α-hetero) is 1. The third-order valence-corrected chi connectivity index (χ3v) is 4.14. The van der Waals surface area contributed by atoms with Crippen molar-refractivity contribution in [2.24, 2.45) is 5.92 Å². The van der Waals surface area contributed by atoms with E-state index in [0.717, 1.165) is 11.8 Å². The molecule has 5 nitrogen and oxygen atoms in total. The first-order valence-corrected chi connectivity index (χ1v) is 7.32. The summed E-state index contributed by atoms with van der Waals surface area (Å²) in [5.41, 5.74) is 1.36. The van der Waals surface area contributed by atoms with E-state index in [2.05, 4.69) is 5.16 Å². The van der Waals surface area contributed by atoms with Crippen LogP contribution in [0.25, 0.3) is 11.0 Å². The molecule has 1 aliphatic rings. The van der Waals surface area contributed by atoms with Crippen molar-refractivity contribution in [3.05, 3.63) is 30.0 Å². The van der Waals surface area contributed by atoms with Gasteiger partial charge in [0, 0.05) is 30.8 Å². The maximum atomic E-state index is 12.4. The van der Waals surface area contributed by atoms with Gasteiger partial charge in [0.05, 0.1) is 6.42 Å². The SMILES string of the molecule is CCC1CN(C(=O)Cc2noc3ccccc23)CCC1=O. The lowest BCUT2D eigenvalue weighted by atomic mass is 9.94. The second-order valence-corrected chi connectivity index (χ2v) is 5.46. The average Bonchev–Trinajstić information content (AvgIpc) is 2.91. The molecule has 1 fully saturated rings. The van der Waals surface area contributed by atoms with Crippen LogP contribution < -0.4 is 0 Å². The standard InChI is InChI=1S/C16H18N2O3/c1-2-11-10-18(8-7-14(11)19)16(20)9-13-12-5-3-4-6-15(12)21-17-13/h3-6,11H,2,7-10H2,1H3. The molecule has 21 heavy (non-hydrogen) atoms. The third-order valence-electron chi connectivity index (χ3n) is 4.14. The Kier molecular flexibility index (Phi) is 3.73. The molecular formula is C16H18N2O3. The summed E-state index contributed by atoms with van der Waals surface area (Å²) in [6.07, 6.45) is 1.47. The summed E-state index contributed by atoms with van der Waals surface area (Å²) < 4.78 is 5.22. The number of piperidine rings is 1. The van der Waals surface area contributed by atoms with E-state index in [1.807, 2.05) is 31.2 Å². The summed E-state index contributed by atoms with van der Waals surface area (Å²) in [5, 5.41) is 4.88. The van der Waals surface area contributed by atoms with Crippen molar-refractivity contribution in [3.8, 4) is 0 Å². The number of aromatic nitrogens is 1. The van der Waals surface area contributed by atoms with Crippen molar-refractivity contribution in [1.29, 1.82) is 0 Å². The molecule has 1 aromatic carbocycles. The highest BCUT2D eigenvalue weighted by Gasteiger charge is 2.29. The van der Waals surface area contributed by atoms with Gasteiger partial charge in [-0.2, -0.15) is 0 Å². The lowest BCUT2D eigenvalue weighted by Gasteiger charge is -2.31. The van der Waals surface area contributed by atoms with E-state index < -0.39 is 0 Å². The smallest absolute Gasteiger partial charge is 0.228 e. The fraction of sp³-hybridized carbons (Fsp3) is 0.438. The Bertz CT molecular complexity index is 677. The number of hydrogen-bond acceptors (Lipinski definition) is 4. The first kappa shape index (κ1) is 13.8. The number of ketones is 1. The average molecular weight is 286 g/mol. The topological polar surface area (TPSA) is 63.4 Å². The van der Waals surface area contributed by atoms with Crippen LogP contribution in [0.1, 0.15) is 25.5 Å². The van der Waals surface area contributed by atoms with Crippen LogP contribution in [0.2, 0.25) is 0 Å². The van der Waals surface area contributed by atoms with Gasteiger partial charge in [-0.1, -0.05) is 24.2 Å².